The largest absolute Gasteiger partial charge is 0.380 e. The van der Waals surface area contributed by atoms with Gasteiger partial charge in [0, 0.05) is 23.9 Å². The lowest BCUT2D eigenvalue weighted by Gasteiger charge is -2.06. The molecule has 0 saturated carbocycles. The summed E-state index contributed by atoms with van der Waals surface area (Å²) in [5.74, 6) is 6.09. The number of carbonyl (C=O) groups is 1. The number of hydrogen-bond acceptors (Lipinski definition) is 3. The molecule has 2 aromatic carbocycles. The molecule has 0 aliphatic rings. The summed E-state index contributed by atoms with van der Waals surface area (Å²) < 4.78 is 5.07. The van der Waals surface area contributed by atoms with Crippen LogP contribution in [0, 0.1) is 11.8 Å². The van der Waals surface area contributed by atoms with Crippen molar-refractivity contribution in [1.29, 1.82) is 0 Å². The van der Waals surface area contributed by atoms with Gasteiger partial charge in [-0.25, -0.2) is 0 Å². The van der Waals surface area contributed by atoms with E-state index in [1.165, 1.54) is 0 Å². The summed E-state index contributed by atoms with van der Waals surface area (Å²) in [6, 6.07) is 18.9. The van der Waals surface area contributed by atoms with E-state index in [0.717, 1.165) is 21.7 Å². The van der Waals surface area contributed by atoms with E-state index >= 15 is 0 Å². The van der Waals surface area contributed by atoms with Gasteiger partial charge < -0.3 is 10.1 Å². The lowest BCUT2D eigenvalue weighted by molar-refractivity contribution is 0.102. The molecule has 1 aromatic heterocycles. The number of amides is 1. The van der Waals surface area contributed by atoms with Crippen molar-refractivity contribution < 1.29 is 9.53 Å². The molecule has 3 aromatic rings. The number of carbonyl (C=O) groups excluding carboxylic acids is 1. The van der Waals surface area contributed by atoms with E-state index in [4.69, 9.17) is 4.74 Å². The summed E-state index contributed by atoms with van der Waals surface area (Å²) in [6.45, 7) is 0.535. The summed E-state index contributed by atoms with van der Waals surface area (Å²) in [5.41, 5.74) is 3.23. The van der Waals surface area contributed by atoms with Crippen LogP contribution >= 0.6 is 11.3 Å². The van der Waals surface area contributed by atoms with Crippen molar-refractivity contribution in [3.05, 3.63) is 87.6 Å². The Morgan fingerprint density at radius 1 is 1.08 bits per heavy atom. The first kappa shape index (κ1) is 17.0. The predicted molar refractivity (Wildman–Crippen MR) is 102 cm³/mol. The summed E-state index contributed by atoms with van der Waals surface area (Å²) in [7, 11) is 1.65. The molecule has 0 aliphatic carbocycles. The summed E-state index contributed by atoms with van der Waals surface area (Å²) in [5, 5.41) is 4.91. The van der Waals surface area contributed by atoms with Crippen LogP contribution in [-0.4, -0.2) is 13.0 Å². The second-order valence-electron chi connectivity index (χ2n) is 5.39. The molecular weight excluding hydrogens is 330 g/mol. The molecule has 4 heteroatoms. The highest BCUT2D eigenvalue weighted by Gasteiger charge is 2.06. The Hall–Kier alpha value is -2.87. The quantitative estimate of drug-likeness (QED) is 0.703. The third-order valence-electron chi connectivity index (χ3n) is 3.50. The molecule has 25 heavy (non-hydrogen) atoms. The predicted octanol–water partition coefficient (Wildman–Crippen LogP) is 4.55. The summed E-state index contributed by atoms with van der Waals surface area (Å²) in [4.78, 5) is 13.4. The van der Waals surface area contributed by atoms with Gasteiger partial charge in [0.25, 0.3) is 5.91 Å². The van der Waals surface area contributed by atoms with Crippen LogP contribution in [0.25, 0.3) is 0 Å². The fourth-order valence-corrected chi connectivity index (χ4v) is 2.85. The highest BCUT2D eigenvalue weighted by molar-refractivity contribution is 7.10. The van der Waals surface area contributed by atoms with E-state index in [9.17, 15) is 4.79 Å². The first-order valence-corrected chi connectivity index (χ1v) is 8.67. The van der Waals surface area contributed by atoms with Gasteiger partial charge in [0.2, 0.25) is 0 Å². The Balaban J connectivity index is 1.70. The van der Waals surface area contributed by atoms with Gasteiger partial charge in [0.05, 0.1) is 11.5 Å². The number of methoxy groups -OCH3 is 1. The van der Waals surface area contributed by atoms with Crippen LogP contribution in [0.4, 0.5) is 5.69 Å². The van der Waals surface area contributed by atoms with Crippen LogP contribution < -0.4 is 5.32 Å². The number of thiophene rings is 1. The normalized spacial score (nSPS) is 9.96. The van der Waals surface area contributed by atoms with Gasteiger partial charge >= 0.3 is 0 Å². The van der Waals surface area contributed by atoms with E-state index in [-0.39, 0.29) is 5.91 Å². The Labute approximate surface area is 151 Å². The third-order valence-corrected chi connectivity index (χ3v) is 4.28. The average molecular weight is 347 g/mol. The summed E-state index contributed by atoms with van der Waals surface area (Å²) >= 11 is 1.61. The first-order chi connectivity index (χ1) is 12.2. The topological polar surface area (TPSA) is 38.3 Å². The Morgan fingerprint density at radius 2 is 1.92 bits per heavy atom. The van der Waals surface area contributed by atoms with Gasteiger partial charge in [0.15, 0.2) is 0 Å². The van der Waals surface area contributed by atoms with Crippen LogP contribution in [0.2, 0.25) is 0 Å². The van der Waals surface area contributed by atoms with E-state index < -0.39 is 0 Å². The third kappa shape index (κ3) is 4.80. The SMILES string of the molecule is COCc1ccc(C(=O)Nc2cccc(C#Cc3cccs3)c2)cc1. The van der Waals surface area contributed by atoms with Gasteiger partial charge in [-0.05, 0) is 47.3 Å². The first-order valence-electron chi connectivity index (χ1n) is 7.79. The monoisotopic (exact) mass is 347 g/mol. The highest BCUT2D eigenvalue weighted by Crippen LogP contribution is 2.13. The number of ether oxygens (including phenoxy) is 1. The molecule has 0 fully saturated rings. The van der Waals surface area contributed by atoms with Crippen LogP contribution in [0.1, 0.15) is 26.4 Å². The molecule has 1 heterocycles. The molecule has 0 atom stereocenters. The van der Waals surface area contributed by atoms with E-state index in [1.807, 2.05) is 53.9 Å². The minimum absolute atomic E-state index is 0.146. The lowest BCUT2D eigenvalue weighted by atomic mass is 10.1. The fourth-order valence-electron chi connectivity index (χ4n) is 2.28. The molecule has 124 valence electrons. The second kappa shape index (κ2) is 8.29. The van der Waals surface area contributed by atoms with Crippen LogP contribution in [0.3, 0.4) is 0 Å². The van der Waals surface area contributed by atoms with E-state index in [1.54, 1.807) is 30.6 Å². The van der Waals surface area contributed by atoms with Gasteiger partial charge in [-0.1, -0.05) is 36.1 Å². The van der Waals surface area contributed by atoms with Gasteiger partial charge in [-0.3, -0.25) is 4.79 Å². The molecule has 0 aliphatic heterocycles. The minimum Gasteiger partial charge on any atom is -0.380 e. The molecular formula is C21H17NO2S. The fraction of sp³-hybridized carbons (Fsp3) is 0.0952. The lowest BCUT2D eigenvalue weighted by Crippen LogP contribution is -2.11. The van der Waals surface area contributed by atoms with Gasteiger partial charge in [0.1, 0.15) is 0 Å². The molecule has 0 unspecified atom stereocenters. The standard InChI is InChI=1S/C21H17NO2S/c1-24-15-17-7-10-18(11-8-17)21(23)22-19-5-2-4-16(14-19)9-12-20-6-3-13-25-20/h2-8,10-11,13-14H,15H2,1H3,(H,22,23). The van der Waals surface area contributed by atoms with Crippen molar-refractivity contribution in [2.24, 2.45) is 0 Å². The van der Waals surface area contributed by atoms with Gasteiger partial charge in [-0.15, -0.1) is 11.3 Å². The Morgan fingerprint density at radius 3 is 2.64 bits per heavy atom. The number of rotatable bonds is 4. The maximum atomic E-state index is 12.4. The van der Waals surface area contributed by atoms with Crippen molar-refractivity contribution in [3.63, 3.8) is 0 Å². The van der Waals surface area contributed by atoms with Crippen LogP contribution in [0.15, 0.2) is 66.0 Å². The minimum atomic E-state index is -0.146. The average Bonchev–Trinajstić information content (AvgIpc) is 3.15. The number of nitrogens with one attached hydrogen (secondary N) is 1. The summed E-state index contributed by atoms with van der Waals surface area (Å²) in [6.07, 6.45) is 0. The maximum Gasteiger partial charge on any atom is 0.255 e. The highest BCUT2D eigenvalue weighted by atomic mass is 32.1. The second-order valence-corrected chi connectivity index (χ2v) is 6.34. The van der Waals surface area contributed by atoms with Gasteiger partial charge in [-0.2, -0.15) is 0 Å². The molecule has 1 N–H and O–H groups in total. The Kier molecular flexibility index (Phi) is 5.63. The number of anilines is 1. The smallest absolute Gasteiger partial charge is 0.255 e. The molecule has 1 amide bonds. The zero-order chi connectivity index (χ0) is 17.5. The van der Waals surface area contributed by atoms with Crippen LogP contribution in [-0.2, 0) is 11.3 Å². The molecule has 0 spiro atoms. The molecule has 0 saturated heterocycles. The Bertz CT molecular complexity index is 903. The molecule has 3 nitrogen and oxygen atoms in total. The van der Waals surface area contributed by atoms with E-state index in [2.05, 4.69) is 17.2 Å². The van der Waals surface area contributed by atoms with E-state index in [0.29, 0.717) is 12.2 Å². The number of benzene rings is 2. The zero-order valence-corrected chi connectivity index (χ0v) is 14.6. The van der Waals surface area contributed by atoms with Crippen LogP contribution in [0.5, 0.6) is 0 Å². The maximum absolute atomic E-state index is 12.4. The number of hydrogen-bond donors (Lipinski definition) is 1. The van der Waals surface area contributed by atoms with Crippen molar-refractivity contribution >= 4 is 22.9 Å². The molecule has 0 bridgehead atoms. The van der Waals surface area contributed by atoms with Crippen molar-refractivity contribution in [2.45, 2.75) is 6.61 Å². The van der Waals surface area contributed by atoms with Crippen molar-refractivity contribution in [1.82, 2.24) is 0 Å². The zero-order valence-electron chi connectivity index (χ0n) is 13.8. The molecule has 3 rings (SSSR count). The van der Waals surface area contributed by atoms with Crippen molar-refractivity contribution in [3.8, 4) is 11.8 Å². The molecule has 0 radical (unpaired) electrons. The van der Waals surface area contributed by atoms with Crippen molar-refractivity contribution in [2.75, 3.05) is 12.4 Å².